The quantitative estimate of drug-likeness (QED) is 0.315. The highest BCUT2D eigenvalue weighted by molar-refractivity contribution is 14.1. The number of terminal acetylenes is 1. The monoisotopic (exact) mass is 462 g/mol. The average molecular weight is 462 g/mol. The number of halogens is 1. The molecule has 0 radical (unpaired) electrons. The van der Waals surface area contributed by atoms with Gasteiger partial charge in [-0.3, -0.25) is 4.79 Å². The third-order valence-electron chi connectivity index (χ3n) is 4.64. The Morgan fingerprint density at radius 1 is 1.23 bits per heavy atom. The van der Waals surface area contributed by atoms with Gasteiger partial charge in [-0.05, 0) is 46.6 Å². The maximum absolute atomic E-state index is 13.1. The maximum Gasteiger partial charge on any atom is 0.263 e. The molecule has 1 amide bonds. The van der Waals surface area contributed by atoms with Crippen molar-refractivity contribution >= 4 is 34.2 Å². The third kappa shape index (κ3) is 3.70. The Kier molecular flexibility index (Phi) is 6.65. The lowest BCUT2D eigenvalue weighted by atomic mass is 10.0. The van der Waals surface area contributed by atoms with Crippen molar-refractivity contribution in [1.29, 1.82) is 0 Å². The van der Waals surface area contributed by atoms with Crippen LogP contribution in [0.15, 0.2) is 18.2 Å². The van der Waals surface area contributed by atoms with Crippen LogP contribution in [0, 0.1) is 35.0 Å². The number of rotatable bonds is 5. The number of pyridine rings is 1. The molecule has 0 atom stereocenters. The summed E-state index contributed by atoms with van der Waals surface area (Å²) in [6.45, 7) is 7.52. The number of para-hydroxylation sites is 1. The van der Waals surface area contributed by atoms with Gasteiger partial charge in [-0.15, -0.1) is 12.3 Å². The van der Waals surface area contributed by atoms with Crippen molar-refractivity contribution in [3.05, 3.63) is 60.6 Å². The third-order valence-corrected chi connectivity index (χ3v) is 5.83. The summed E-state index contributed by atoms with van der Waals surface area (Å²) in [7, 11) is 0. The first-order valence-electron chi connectivity index (χ1n) is 8.63. The SMILES string of the molecule is C#CCc1c(I)c(C(=O)Nc2c(CC)cccc2CC)c(C)[n+]([O-])c1C. The van der Waals surface area contributed by atoms with Gasteiger partial charge in [0.05, 0.1) is 0 Å². The highest BCUT2D eigenvalue weighted by Gasteiger charge is 2.26. The first kappa shape index (κ1) is 20.2. The number of aryl methyl sites for hydroxylation is 2. The molecule has 0 saturated heterocycles. The summed E-state index contributed by atoms with van der Waals surface area (Å²) in [5.41, 5.74) is 5.06. The number of hydrogen-bond donors (Lipinski definition) is 1. The Labute approximate surface area is 168 Å². The number of benzene rings is 1. The van der Waals surface area contributed by atoms with Crippen LogP contribution in [0.4, 0.5) is 5.69 Å². The molecule has 1 aromatic carbocycles. The minimum absolute atomic E-state index is 0.273. The Balaban J connectivity index is 2.58. The minimum atomic E-state index is -0.273. The van der Waals surface area contributed by atoms with E-state index in [0.29, 0.717) is 23.4 Å². The number of aromatic nitrogens is 1. The number of nitrogens with one attached hydrogen (secondary N) is 1. The molecule has 0 aliphatic carbocycles. The van der Waals surface area contributed by atoms with Crippen molar-refractivity contribution < 1.29 is 9.52 Å². The smallest absolute Gasteiger partial charge is 0.263 e. The van der Waals surface area contributed by atoms with E-state index in [1.807, 2.05) is 18.2 Å². The van der Waals surface area contributed by atoms with Gasteiger partial charge < -0.3 is 10.5 Å². The summed E-state index contributed by atoms with van der Waals surface area (Å²) in [5.74, 6) is 2.30. The van der Waals surface area contributed by atoms with E-state index in [2.05, 4.69) is 47.7 Å². The van der Waals surface area contributed by atoms with E-state index < -0.39 is 0 Å². The topological polar surface area (TPSA) is 56.0 Å². The molecule has 2 aromatic rings. The molecule has 5 heteroatoms. The van der Waals surface area contributed by atoms with Crippen molar-refractivity contribution in [1.82, 2.24) is 0 Å². The number of hydrogen-bond acceptors (Lipinski definition) is 2. The standard InChI is InChI=1S/C21H23IN2O2/c1-6-10-17-13(4)24(26)14(5)18(19(17)22)21(25)23-20-15(7-2)11-9-12-16(20)8-3/h1,9,11-12H,7-8,10H2,2-5H3,(H,23,25). The summed E-state index contributed by atoms with van der Waals surface area (Å²) in [6, 6.07) is 6.03. The number of amides is 1. The van der Waals surface area contributed by atoms with Crippen LogP contribution in [0.1, 0.15) is 52.3 Å². The van der Waals surface area contributed by atoms with E-state index in [1.54, 1.807) is 13.8 Å². The predicted octanol–water partition coefficient (Wildman–Crippen LogP) is 4.09. The van der Waals surface area contributed by atoms with Crippen LogP contribution < -0.4 is 10.0 Å². The fourth-order valence-corrected chi connectivity index (χ4v) is 4.31. The van der Waals surface area contributed by atoms with E-state index in [0.717, 1.165) is 43.5 Å². The Hall–Kier alpha value is -2.07. The van der Waals surface area contributed by atoms with Gasteiger partial charge in [0.2, 0.25) is 5.69 Å². The summed E-state index contributed by atoms with van der Waals surface area (Å²) >= 11 is 2.12. The van der Waals surface area contributed by atoms with Gasteiger partial charge in [-0.25, -0.2) is 0 Å². The van der Waals surface area contributed by atoms with Crippen LogP contribution in [0.25, 0.3) is 0 Å². The Morgan fingerprint density at radius 3 is 2.31 bits per heavy atom. The highest BCUT2D eigenvalue weighted by Crippen LogP contribution is 2.26. The molecule has 0 unspecified atom stereocenters. The Morgan fingerprint density at radius 2 is 1.81 bits per heavy atom. The summed E-state index contributed by atoms with van der Waals surface area (Å²) < 4.78 is 1.54. The number of anilines is 1. The van der Waals surface area contributed by atoms with Crippen molar-refractivity contribution in [3.63, 3.8) is 0 Å². The average Bonchev–Trinajstić information content (AvgIpc) is 2.63. The van der Waals surface area contributed by atoms with Gasteiger partial charge >= 0.3 is 0 Å². The van der Waals surface area contributed by atoms with Crippen molar-refractivity contribution in [3.8, 4) is 12.3 Å². The zero-order valence-electron chi connectivity index (χ0n) is 15.6. The molecule has 0 spiro atoms. The van der Waals surface area contributed by atoms with E-state index in [9.17, 15) is 10.0 Å². The predicted molar refractivity (Wildman–Crippen MR) is 113 cm³/mol. The summed E-state index contributed by atoms with van der Waals surface area (Å²) in [4.78, 5) is 13.1. The second-order valence-corrected chi connectivity index (χ2v) is 7.20. The first-order valence-corrected chi connectivity index (χ1v) is 9.71. The molecule has 0 bridgehead atoms. The molecule has 0 aliphatic rings. The molecule has 4 nitrogen and oxygen atoms in total. The lowest BCUT2D eigenvalue weighted by Gasteiger charge is -2.18. The van der Waals surface area contributed by atoms with Gasteiger partial charge in [0, 0.05) is 35.1 Å². The van der Waals surface area contributed by atoms with Gasteiger partial charge in [0.15, 0.2) is 5.69 Å². The second kappa shape index (κ2) is 8.54. The van der Waals surface area contributed by atoms with Gasteiger partial charge in [-0.1, -0.05) is 32.0 Å². The first-order chi connectivity index (χ1) is 12.4. The van der Waals surface area contributed by atoms with Gasteiger partial charge in [-0.2, -0.15) is 4.73 Å². The van der Waals surface area contributed by atoms with Gasteiger partial charge in [0.1, 0.15) is 5.56 Å². The van der Waals surface area contributed by atoms with Crippen LogP contribution in [-0.2, 0) is 19.3 Å². The molecule has 136 valence electrons. The van der Waals surface area contributed by atoms with Crippen LogP contribution >= 0.6 is 22.6 Å². The molecule has 1 heterocycles. The molecule has 2 rings (SSSR count). The molecule has 0 fully saturated rings. The van der Waals surface area contributed by atoms with Crippen molar-refractivity contribution in [2.75, 3.05) is 5.32 Å². The number of nitrogens with zero attached hydrogens (tertiary/aromatic N) is 1. The highest BCUT2D eigenvalue weighted by atomic mass is 127. The minimum Gasteiger partial charge on any atom is -0.618 e. The number of carbonyl (C=O) groups is 1. The zero-order valence-corrected chi connectivity index (χ0v) is 17.7. The molecule has 0 saturated carbocycles. The molecular formula is C21H23IN2O2. The van der Waals surface area contributed by atoms with E-state index in [4.69, 9.17) is 6.42 Å². The van der Waals surface area contributed by atoms with Crippen molar-refractivity contribution in [2.45, 2.75) is 47.0 Å². The lowest BCUT2D eigenvalue weighted by Crippen LogP contribution is -2.39. The van der Waals surface area contributed by atoms with Crippen LogP contribution in [0.2, 0.25) is 0 Å². The van der Waals surface area contributed by atoms with E-state index in [1.165, 1.54) is 0 Å². The van der Waals surface area contributed by atoms with Crippen LogP contribution in [0.5, 0.6) is 0 Å². The molecule has 26 heavy (non-hydrogen) atoms. The summed E-state index contributed by atoms with van der Waals surface area (Å²) in [6.07, 6.45) is 7.40. The molecule has 1 aromatic heterocycles. The molecular weight excluding hydrogens is 439 g/mol. The molecule has 1 N–H and O–H groups in total. The normalized spacial score (nSPS) is 10.5. The fourth-order valence-electron chi connectivity index (χ4n) is 3.09. The maximum atomic E-state index is 13.1. The van der Waals surface area contributed by atoms with E-state index >= 15 is 0 Å². The largest absolute Gasteiger partial charge is 0.618 e. The Bertz CT molecular complexity index is 876. The number of carbonyl (C=O) groups excluding carboxylic acids is 1. The van der Waals surface area contributed by atoms with E-state index in [-0.39, 0.29) is 5.91 Å². The zero-order chi connectivity index (χ0) is 19.4. The van der Waals surface area contributed by atoms with Crippen LogP contribution in [0.3, 0.4) is 0 Å². The second-order valence-electron chi connectivity index (χ2n) is 6.13. The molecule has 0 aliphatic heterocycles. The summed E-state index contributed by atoms with van der Waals surface area (Å²) in [5, 5.41) is 15.6. The van der Waals surface area contributed by atoms with Crippen molar-refractivity contribution in [2.24, 2.45) is 0 Å². The van der Waals surface area contributed by atoms with Crippen LogP contribution in [-0.4, -0.2) is 5.91 Å². The fraction of sp³-hybridized carbons (Fsp3) is 0.333. The van der Waals surface area contributed by atoms with Gasteiger partial charge in [0.25, 0.3) is 5.91 Å². The lowest BCUT2D eigenvalue weighted by molar-refractivity contribution is -0.619.